The molecule has 0 radical (unpaired) electrons. The summed E-state index contributed by atoms with van der Waals surface area (Å²) in [4.78, 5) is 15.3. The van der Waals surface area contributed by atoms with Gasteiger partial charge in [-0.2, -0.15) is 0 Å². The zero-order valence-corrected chi connectivity index (χ0v) is 8.08. The van der Waals surface area contributed by atoms with Gasteiger partial charge in [-0.1, -0.05) is 6.92 Å². The summed E-state index contributed by atoms with van der Waals surface area (Å²) in [5.41, 5.74) is 0. The van der Waals surface area contributed by atoms with Gasteiger partial charge in [0.15, 0.2) is 0 Å². The predicted molar refractivity (Wildman–Crippen MR) is 50.3 cm³/mol. The first-order valence-electron chi connectivity index (χ1n) is 4.48. The Hall–Kier alpha value is -1.32. The van der Waals surface area contributed by atoms with E-state index in [1.165, 1.54) is 0 Å². The number of hydrogen-bond acceptors (Lipinski definition) is 2. The SMILES string of the molecule is CCCc1nccn1CC(=O)NC. The van der Waals surface area contributed by atoms with Crippen LogP contribution in [0.4, 0.5) is 0 Å². The second-order valence-corrected chi connectivity index (χ2v) is 2.89. The molecule has 4 nitrogen and oxygen atoms in total. The van der Waals surface area contributed by atoms with E-state index in [9.17, 15) is 4.79 Å². The molecule has 0 unspecified atom stereocenters. The number of carbonyl (C=O) groups is 1. The van der Waals surface area contributed by atoms with Crippen LogP contribution in [0.15, 0.2) is 12.4 Å². The van der Waals surface area contributed by atoms with Crippen LogP contribution in [0.1, 0.15) is 19.2 Å². The Bertz CT molecular complexity index is 280. The lowest BCUT2D eigenvalue weighted by Crippen LogP contribution is -2.24. The maximum atomic E-state index is 11.1. The van der Waals surface area contributed by atoms with Crippen LogP contribution < -0.4 is 5.32 Å². The van der Waals surface area contributed by atoms with Crippen LogP contribution >= 0.6 is 0 Å². The van der Waals surface area contributed by atoms with Gasteiger partial charge in [0.2, 0.25) is 5.91 Å². The minimum absolute atomic E-state index is 0.00959. The summed E-state index contributed by atoms with van der Waals surface area (Å²) in [7, 11) is 1.64. The Morgan fingerprint density at radius 2 is 2.46 bits per heavy atom. The molecule has 0 spiro atoms. The van der Waals surface area contributed by atoms with Crippen molar-refractivity contribution in [3.63, 3.8) is 0 Å². The average Bonchev–Trinajstić information content (AvgIpc) is 2.54. The average molecular weight is 181 g/mol. The molecule has 0 fully saturated rings. The first-order chi connectivity index (χ1) is 6.27. The van der Waals surface area contributed by atoms with Crippen LogP contribution in [0.5, 0.6) is 0 Å². The Morgan fingerprint density at radius 1 is 1.69 bits per heavy atom. The topological polar surface area (TPSA) is 46.9 Å². The van der Waals surface area contributed by atoms with Crippen molar-refractivity contribution < 1.29 is 4.79 Å². The molecule has 0 aromatic carbocycles. The summed E-state index contributed by atoms with van der Waals surface area (Å²) in [6, 6.07) is 0. The Balaban J connectivity index is 2.64. The third-order valence-electron chi connectivity index (χ3n) is 1.87. The summed E-state index contributed by atoms with van der Waals surface area (Å²) >= 11 is 0. The van der Waals surface area contributed by atoms with Crippen molar-refractivity contribution in [2.75, 3.05) is 7.05 Å². The maximum absolute atomic E-state index is 11.1. The fourth-order valence-electron chi connectivity index (χ4n) is 1.17. The van der Waals surface area contributed by atoms with Crippen molar-refractivity contribution in [1.29, 1.82) is 0 Å². The molecule has 1 rings (SSSR count). The third-order valence-corrected chi connectivity index (χ3v) is 1.87. The summed E-state index contributed by atoms with van der Waals surface area (Å²) in [6.07, 6.45) is 5.53. The maximum Gasteiger partial charge on any atom is 0.239 e. The van der Waals surface area contributed by atoms with Gasteiger partial charge in [0, 0.05) is 25.9 Å². The van der Waals surface area contributed by atoms with Gasteiger partial charge < -0.3 is 9.88 Å². The van der Waals surface area contributed by atoms with Crippen molar-refractivity contribution in [1.82, 2.24) is 14.9 Å². The van der Waals surface area contributed by atoms with Crippen molar-refractivity contribution in [2.24, 2.45) is 0 Å². The molecule has 0 aliphatic rings. The first kappa shape index (κ1) is 9.77. The van der Waals surface area contributed by atoms with E-state index in [4.69, 9.17) is 0 Å². The largest absolute Gasteiger partial charge is 0.358 e. The summed E-state index contributed by atoms with van der Waals surface area (Å²) in [5, 5.41) is 2.59. The minimum Gasteiger partial charge on any atom is -0.358 e. The number of nitrogens with one attached hydrogen (secondary N) is 1. The number of rotatable bonds is 4. The van der Waals surface area contributed by atoms with E-state index in [2.05, 4.69) is 17.2 Å². The number of imidazole rings is 1. The lowest BCUT2D eigenvalue weighted by Gasteiger charge is -2.05. The first-order valence-corrected chi connectivity index (χ1v) is 4.48. The van der Waals surface area contributed by atoms with Crippen molar-refractivity contribution in [3.05, 3.63) is 18.2 Å². The van der Waals surface area contributed by atoms with Crippen LogP contribution in [0.25, 0.3) is 0 Å². The third kappa shape index (κ3) is 2.57. The summed E-state index contributed by atoms with van der Waals surface area (Å²) in [5.74, 6) is 0.987. The number of nitrogens with zero attached hydrogens (tertiary/aromatic N) is 2. The highest BCUT2D eigenvalue weighted by Gasteiger charge is 2.04. The lowest BCUT2D eigenvalue weighted by molar-refractivity contribution is -0.121. The van der Waals surface area contributed by atoms with Gasteiger partial charge in [-0.3, -0.25) is 4.79 Å². The number of hydrogen-bond donors (Lipinski definition) is 1. The number of carbonyl (C=O) groups excluding carboxylic acids is 1. The van der Waals surface area contributed by atoms with E-state index >= 15 is 0 Å². The van der Waals surface area contributed by atoms with Gasteiger partial charge in [-0.15, -0.1) is 0 Å². The smallest absolute Gasteiger partial charge is 0.239 e. The number of likely N-dealkylation sites (N-methyl/N-ethyl adjacent to an activating group) is 1. The molecular formula is C9H15N3O. The second-order valence-electron chi connectivity index (χ2n) is 2.89. The lowest BCUT2D eigenvalue weighted by atomic mass is 10.3. The standard InChI is InChI=1S/C9H15N3O/c1-3-4-8-11-5-6-12(8)7-9(13)10-2/h5-6H,3-4,7H2,1-2H3,(H,10,13). The summed E-state index contributed by atoms with van der Waals surface area (Å²) in [6.45, 7) is 2.46. The van der Waals surface area contributed by atoms with E-state index in [1.54, 1.807) is 13.2 Å². The van der Waals surface area contributed by atoms with Gasteiger partial charge in [0.1, 0.15) is 12.4 Å². The van der Waals surface area contributed by atoms with Crippen molar-refractivity contribution in [3.8, 4) is 0 Å². The van der Waals surface area contributed by atoms with E-state index in [0.29, 0.717) is 6.54 Å². The molecule has 1 heterocycles. The number of aryl methyl sites for hydroxylation is 1. The highest BCUT2D eigenvalue weighted by molar-refractivity contribution is 5.75. The van der Waals surface area contributed by atoms with Gasteiger partial charge >= 0.3 is 0 Å². The van der Waals surface area contributed by atoms with E-state index in [1.807, 2.05) is 10.8 Å². The molecule has 0 atom stereocenters. The molecule has 1 N–H and O–H groups in total. The normalized spacial score (nSPS) is 10.0. The van der Waals surface area contributed by atoms with Gasteiger partial charge in [0.25, 0.3) is 0 Å². The Morgan fingerprint density at radius 3 is 3.08 bits per heavy atom. The molecule has 72 valence electrons. The van der Waals surface area contributed by atoms with Crippen LogP contribution in [-0.4, -0.2) is 22.5 Å². The molecule has 0 aliphatic carbocycles. The Labute approximate surface area is 78.0 Å². The monoisotopic (exact) mass is 181 g/mol. The molecule has 4 heteroatoms. The highest BCUT2D eigenvalue weighted by Crippen LogP contribution is 2.00. The van der Waals surface area contributed by atoms with E-state index < -0.39 is 0 Å². The fourth-order valence-corrected chi connectivity index (χ4v) is 1.17. The number of amides is 1. The van der Waals surface area contributed by atoms with Gasteiger partial charge in [-0.05, 0) is 6.42 Å². The molecular weight excluding hydrogens is 166 g/mol. The van der Waals surface area contributed by atoms with E-state index in [0.717, 1.165) is 18.7 Å². The molecule has 1 aromatic heterocycles. The Kier molecular flexibility index (Phi) is 3.49. The van der Waals surface area contributed by atoms with Gasteiger partial charge in [0.05, 0.1) is 0 Å². The van der Waals surface area contributed by atoms with Crippen molar-refractivity contribution >= 4 is 5.91 Å². The van der Waals surface area contributed by atoms with Crippen LogP contribution in [0, 0.1) is 0 Å². The van der Waals surface area contributed by atoms with Crippen molar-refractivity contribution in [2.45, 2.75) is 26.3 Å². The van der Waals surface area contributed by atoms with Gasteiger partial charge in [-0.25, -0.2) is 4.98 Å². The summed E-state index contributed by atoms with van der Waals surface area (Å²) < 4.78 is 1.88. The zero-order chi connectivity index (χ0) is 9.68. The molecule has 1 amide bonds. The van der Waals surface area contributed by atoms with Crippen LogP contribution in [-0.2, 0) is 17.8 Å². The van der Waals surface area contributed by atoms with Crippen LogP contribution in [0.2, 0.25) is 0 Å². The highest BCUT2D eigenvalue weighted by atomic mass is 16.1. The molecule has 0 aliphatic heterocycles. The fraction of sp³-hybridized carbons (Fsp3) is 0.556. The van der Waals surface area contributed by atoms with Crippen LogP contribution in [0.3, 0.4) is 0 Å². The predicted octanol–water partition coefficient (Wildman–Crippen LogP) is 0.582. The molecule has 1 aromatic rings. The number of aromatic nitrogens is 2. The molecule has 0 saturated heterocycles. The second kappa shape index (κ2) is 4.64. The quantitative estimate of drug-likeness (QED) is 0.738. The minimum atomic E-state index is 0.00959. The molecule has 0 saturated carbocycles. The van der Waals surface area contributed by atoms with E-state index in [-0.39, 0.29) is 5.91 Å². The molecule has 0 bridgehead atoms. The molecule has 13 heavy (non-hydrogen) atoms. The zero-order valence-electron chi connectivity index (χ0n) is 8.08.